The average molecular weight is 397 g/mol. The fraction of sp³-hybridized carbons (Fsp3) is 0.286. The van der Waals surface area contributed by atoms with Crippen molar-refractivity contribution in [1.29, 1.82) is 0 Å². The maximum absolute atomic E-state index is 11.9. The maximum atomic E-state index is 11.9. The normalized spacial score (nSPS) is 13.4. The number of hydrogen-bond donors (Lipinski definition) is 2. The van der Waals surface area contributed by atoms with E-state index in [4.69, 9.17) is 12.2 Å². The first-order chi connectivity index (χ1) is 13.4. The molecule has 3 rings (SSSR count). The molecule has 1 fully saturated rings. The molecule has 28 heavy (non-hydrogen) atoms. The number of thiocarbonyl (C=S) groups is 1. The largest absolute Gasteiger partial charge is 0.358 e. The molecule has 146 valence electrons. The topological polar surface area (TPSA) is 64.7 Å². The zero-order valence-electron chi connectivity index (χ0n) is 16.1. The van der Waals surface area contributed by atoms with Gasteiger partial charge in [-0.15, -0.1) is 0 Å². The van der Waals surface area contributed by atoms with Crippen molar-refractivity contribution in [2.24, 2.45) is 0 Å². The van der Waals surface area contributed by atoms with Crippen LogP contribution in [0, 0.1) is 0 Å². The van der Waals surface area contributed by atoms with Crippen molar-refractivity contribution >= 4 is 40.5 Å². The molecular formula is C21H24N4O2S. The zero-order valence-corrected chi connectivity index (χ0v) is 16.9. The van der Waals surface area contributed by atoms with E-state index in [-0.39, 0.29) is 11.8 Å². The summed E-state index contributed by atoms with van der Waals surface area (Å²) < 4.78 is 0. The van der Waals surface area contributed by atoms with Crippen molar-refractivity contribution in [3.63, 3.8) is 0 Å². The van der Waals surface area contributed by atoms with Crippen LogP contribution in [0.25, 0.3) is 0 Å². The molecule has 0 spiro atoms. The van der Waals surface area contributed by atoms with Crippen LogP contribution in [-0.2, 0) is 11.3 Å². The highest BCUT2D eigenvalue weighted by Gasteiger charge is 2.21. The van der Waals surface area contributed by atoms with E-state index in [1.165, 1.54) is 0 Å². The van der Waals surface area contributed by atoms with Crippen LogP contribution in [0.3, 0.4) is 0 Å². The number of hydrogen-bond acceptors (Lipinski definition) is 3. The second-order valence-corrected chi connectivity index (χ2v) is 7.31. The van der Waals surface area contributed by atoms with Crippen molar-refractivity contribution in [1.82, 2.24) is 10.2 Å². The highest BCUT2D eigenvalue weighted by atomic mass is 32.1. The molecule has 0 aromatic heterocycles. The van der Waals surface area contributed by atoms with Gasteiger partial charge < -0.3 is 20.4 Å². The Balaban J connectivity index is 1.54. The molecule has 2 aromatic rings. The van der Waals surface area contributed by atoms with Crippen LogP contribution in [-0.4, -0.2) is 42.5 Å². The minimum atomic E-state index is -0.0383. The van der Waals surface area contributed by atoms with E-state index in [9.17, 15) is 9.59 Å². The van der Waals surface area contributed by atoms with Gasteiger partial charge in [-0.2, -0.15) is 0 Å². The van der Waals surface area contributed by atoms with Crippen molar-refractivity contribution in [3.05, 3.63) is 59.7 Å². The third kappa shape index (κ3) is 4.86. The summed E-state index contributed by atoms with van der Waals surface area (Å²) in [6.07, 6.45) is 1.53. The number of nitrogens with zero attached hydrogens (tertiary/aromatic N) is 2. The summed E-state index contributed by atoms with van der Waals surface area (Å²) in [5, 5.41) is 6.78. The molecule has 0 bridgehead atoms. The van der Waals surface area contributed by atoms with Gasteiger partial charge in [-0.05, 0) is 60.6 Å². The lowest BCUT2D eigenvalue weighted by Gasteiger charge is -2.17. The van der Waals surface area contributed by atoms with E-state index in [2.05, 4.69) is 10.6 Å². The van der Waals surface area contributed by atoms with Crippen LogP contribution < -0.4 is 15.5 Å². The van der Waals surface area contributed by atoms with Crippen LogP contribution in [0.15, 0.2) is 48.5 Å². The molecule has 0 unspecified atom stereocenters. The highest BCUT2D eigenvalue weighted by Crippen LogP contribution is 2.22. The minimum absolute atomic E-state index is 0.0383. The molecule has 7 heteroatoms. The third-order valence-corrected chi connectivity index (χ3v) is 4.79. The van der Waals surface area contributed by atoms with Crippen LogP contribution in [0.4, 0.5) is 11.4 Å². The van der Waals surface area contributed by atoms with Crippen molar-refractivity contribution in [3.8, 4) is 0 Å². The number of amides is 2. The van der Waals surface area contributed by atoms with Gasteiger partial charge in [0.2, 0.25) is 5.91 Å². The molecule has 2 amide bonds. The fourth-order valence-electron chi connectivity index (χ4n) is 3.07. The summed E-state index contributed by atoms with van der Waals surface area (Å²) in [6, 6.07) is 15.1. The molecular weight excluding hydrogens is 372 g/mol. The Morgan fingerprint density at radius 3 is 2.57 bits per heavy atom. The predicted octanol–water partition coefficient (Wildman–Crippen LogP) is 3.00. The van der Waals surface area contributed by atoms with Crippen molar-refractivity contribution in [2.45, 2.75) is 19.4 Å². The molecule has 1 heterocycles. The lowest BCUT2D eigenvalue weighted by atomic mass is 10.2. The first-order valence-electron chi connectivity index (χ1n) is 9.20. The van der Waals surface area contributed by atoms with Crippen LogP contribution in [0.2, 0.25) is 0 Å². The van der Waals surface area contributed by atoms with Gasteiger partial charge in [-0.1, -0.05) is 12.1 Å². The third-order valence-electron chi connectivity index (χ3n) is 4.54. The SMILES string of the molecule is CN(C)C(=O)c1ccc(NC(=S)NCc2cccc(N3CCCC3=O)c2)cc1. The minimum Gasteiger partial charge on any atom is -0.358 e. The molecule has 2 aromatic carbocycles. The Morgan fingerprint density at radius 1 is 1.18 bits per heavy atom. The second kappa shape index (κ2) is 8.84. The fourth-order valence-corrected chi connectivity index (χ4v) is 3.26. The van der Waals surface area contributed by atoms with Gasteiger partial charge in [0.05, 0.1) is 0 Å². The Bertz CT molecular complexity index is 880. The standard InChI is InChI=1S/C21H24N4O2S/c1-24(2)20(27)16-8-10-17(11-9-16)23-21(28)22-14-15-5-3-6-18(13-15)25-12-4-7-19(25)26/h3,5-6,8-11,13H,4,7,12,14H2,1-2H3,(H2,22,23,28). The van der Waals surface area contributed by atoms with Crippen molar-refractivity contribution < 1.29 is 9.59 Å². The molecule has 0 atom stereocenters. The number of nitrogens with one attached hydrogen (secondary N) is 2. The molecule has 1 aliphatic rings. The Morgan fingerprint density at radius 2 is 1.93 bits per heavy atom. The molecule has 2 N–H and O–H groups in total. The van der Waals surface area contributed by atoms with Gasteiger partial charge >= 0.3 is 0 Å². The molecule has 1 saturated heterocycles. The quantitative estimate of drug-likeness (QED) is 0.761. The number of anilines is 2. The highest BCUT2D eigenvalue weighted by molar-refractivity contribution is 7.80. The summed E-state index contributed by atoms with van der Waals surface area (Å²) in [7, 11) is 3.45. The van der Waals surface area contributed by atoms with Gasteiger partial charge in [0.15, 0.2) is 5.11 Å². The van der Waals surface area contributed by atoms with Crippen molar-refractivity contribution in [2.75, 3.05) is 30.9 Å². The van der Waals surface area contributed by atoms with E-state index in [1.807, 2.05) is 41.3 Å². The van der Waals surface area contributed by atoms with Gasteiger partial charge in [-0.3, -0.25) is 9.59 Å². The molecule has 0 radical (unpaired) electrons. The first kappa shape index (κ1) is 19.8. The predicted molar refractivity (Wildman–Crippen MR) is 116 cm³/mol. The van der Waals surface area contributed by atoms with Gasteiger partial charge in [0.1, 0.15) is 0 Å². The second-order valence-electron chi connectivity index (χ2n) is 6.90. The summed E-state index contributed by atoms with van der Waals surface area (Å²) in [6.45, 7) is 1.33. The van der Waals surface area contributed by atoms with E-state index in [1.54, 1.807) is 31.1 Å². The average Bonchev–Trinajstić information content (AvgIpc) is 3.12. The summed E-state index contributed by atoms with van der Waals surface area (Å²) in [5.74, 6) is 0.141. The van der Waals surface area contributed by atoms with E-state index >= 15 is 0 Å². The molecule has 0 aliphatic carbocycles. The summed E-state index contributed by atoms with van der Waals surface area (Å²) in [5.41, 5.74) is 3.42. The smallest absolute Gasteiger partial charge is 0.253 e. The van der Waals surface area contributed by atoms with Gasteiger partial charge in [0, 0.05) is 50.5 Å². The van der Waals surface area contributed by atoms with E-state index in [0.29, 0.717) is 23.6 Å². The number of carbonyl (C=O) groups is 2. The van der Waals surface area contributed by atoms with Crippen LogP contribution >= 0.6 is 12.2 Å². The number of carbonyl (C=O) groups excluding carboxylic acids is 2. The Hall–Kier alpha value is -2.93. The number of benzene rings is 2. The molecule has 0 saturated carbocycles. The molecule has 6 nitrogen and oxygen atoms in total. The van der Waals surface area contributed by atoms with Gasteiger partial charge in [-0.25, -0.2) is 0 Å². The van der Waals surface area contributed by atoms with E-state index in [0.717, 1.165) is 29.9 Å². The van der Waals surface area contributed by atoms with Gasteiger partial charge in [0.25, 0.3) is 5.91 Å². The lowest BCUT2D eigenvalue weighted by Crippen LogP contribution is -2.28. The van der Waals surface area contributed by atoms with Crippen LogP contribution in [0.5, 0.6) is 0 Å². The maximum Gasteiger partial charge on any atom is 0.253 e. The first-order valence-corrected chi connectivity index (χ1v) is 9.61. The Labute approximate surface area is 170 Å². The van der Waals surface area contributed by atoms with E-state index < -0.39 is 0 Å². The zero-order chi connectivity index (χ0) is 20.1. The Kier molecular flexibility index (Phi) is 6.26. The lowest BCUT2D eigenvalue weighted by molar-refractivity contribution is -0.117. The van der Waals surface area contributed by atoms with Crippen LogP contribution in [0.1, 0.15) is 28.8 Å². The summed E-state index contributed by atoms with van der Waals surface area (Å²) >= 11 is 5.36. The monoisotopic (exact) mass is 396 g/mol. The summed E-state index contributed by atoms with van der Waals surface area (Å²) in [4.78, 5) is 27.2. The molecule has 1 aliphatic heterocycles. The number of rotatable bonds is 5.